The number of benzene rings is 1. The smallest absolute Gasteiger partial charge is 0.190 e. The fourth-order valence-electron chi connectivity index (χ4n) is 2.95. The minimum atomic E-state index is 0. The summed E-state index contributed by atoms with van der Waals surface area (Å²) < 4.78 is 5.87. The lowest BCUT2D eigenvalue weighted by Gasteiger charge is -2.17. The molecule has 2 N–H and O–H groups in total. The van der Waals surface area contributed by atoms with Gasteiger partial charge in [0.1, 0.15) is 0 Å². The molecule has 1 aromatic carbocycles. The summed E-state index contributed by atoms with van der Waals surface area (Å²) in [6.07, 6.45) is 6.69. The molecule has 0 spiro atoms. The van der Waals surface area contributed by atoms with E-state index in [-0.39, 0.29) is 24.0 Å². The van der Waals surface area contributed by atoms with E-state index in [2.05, 4.69) is 52.9 Å². The molecule has 1 aliphatic carbocycles. The molecule has 1 fully saturated rings. The summed E-state index contributed by atoms with van der Waals surface area (Å²) in [5, 5.41) is 6.76. The molecular formula is C19H32IN3O. The molecule has 2 rings (SSSR count). The molecule has 0 radical (unpaired) electrons. The first-order valence-corrected chi connectivity index (χ1v) is 8.90. The van der Waals surface area contributed by atoms with Crippen molar-refractivity contribution in [2.45, 2.75) is 51.0 Å². The van der Waals surface area contributed by atoms with Crippen LogP contribution in [0.3, 0.4) is 0 Å². The van der Waals surface area contributed by atoms with Crippen molar-refractivity contribution in [1.82, 2.24) is 10.6 Å². The number of rotatable bonds is 8. The molecule has 4 nitrogen and oxygen atoms in total. The summed E-state index contributed by atoms with van der Waals surface area (Å²) >= 11 is 0. The predicted molar refractivity (Wildman–Crippen MR) is 112 cm³/mol. The second-order valence-corrected chi connectivity index (χ2v) is 6.32. The molecule has 0 heterocycles. The molecule has 1 aliphatic rings. The topological polar surface area (TPSA) is 45.7 Å². The minimum absolute atomic E-state index is 0. The van der Waals surface area contributed by atoms with E-state index in [0.29, 0.717) is 12.0 Å². The zero-order valence-electron chi connectivity index (χ0n) is 15.0. The van der Waals surface area contributed by atoms with Crippen molar-refractivity contribution in [2.24, 2.45) is 4.99 Å². The number of nitrogens with zero attached hydrogens (tertiary/aromatic N) is 1. The summed E-state index contributed by atoms with van der Waals surface area (Å²) in [5.74, 6) is 1.33. The molecule has 1 unspecified atom stereocenters. The van der Waals surface area contributed by atoms with Gasteiger partial charge in [0.25, 0.3) is 0 Å². The molecule has 1 atom stereocenters. The van der Waals surface area contributed by atoms with Gasteiger partial charge in [-0.05, 0) is 30.7 Å². The average molecular weight is 445 g/mol. The quantitative estimate of drug-likeness (QED) is 0.276. The normalized spacial score (nSPS) is 16.5. The van der Waals surface area contributed by atoms with Gasteiger partial charge < -0.3 is 15.4 Å². The van der Waals surface area contributed by atoms with Crippen molar-refractivity contribution in [1.29, 1.82) is 0 Å². The maximum absolute atomic E-state index is 5.87. The standard InChI is InChI=1S/C19H31N3O.HI/c1-16(17-9-4-3-5-10-17)15-22-19(20-2)21-13-8-14-23-18-11-6-7-12-18;/h3-5,9-10,16,18H,6-8,11-15H2,1-2H3,(H2,20,21,22);1H. The van der Waals surface area contributed by atoms with E-state index in [1.54, 1.807) is 0 Å². The third-order valence-electron chi connectivity index (χ3n) is 4.44. The second kappa shape index (κ2) is 12.5. The second-order valence-electron chi connectivity index (χ2n) is 6.32. The Kier molecular flexibility index (Phi) is 11.1. The Labute approximate surface area is 163 Å². The highest BCUT2D eigenvalue weighted by molar-refractivity contribution is 14.0. The number of aliphatic imine (C=N–C) groups is 1. The summed E-state index contributed by atoms with van der Waals surface area (Å²) in [5.41, 5.74) is 1.35. The SMILES string of the molecule is CN=C(NCCCOC1CCCC1)NCC(C)c1ccccc1.I. The van der Waals surface area contributed by atoms with Crippen molar-refractivity contribution in [2.75, 3.05) is 26.7 Å². The molecule has 0 bridgehead atoms. The van der Waals surface area contributed by atoms with Crippen LogP contribution in [0.4, 0.5) is 0 Å². The van der Waals surface area contributed by atoms with Gasteiger partial charge in [-0.2, -0.15) is 0 Å². The molecule has 0 saturated heterocycles. The van der Waals surface area contributed by atoms with Crippen molar-refractivity contribution in [3.63, 3.8) is 0 Å². The average Bonchev–Trinajstić information content (AvgIpc) is 3.11. The van der Waals surface area contributed by atoms with Crippen molar-refractivity contribution >= 4 is 29.9 Å². The van der Waals surface area contributed by atoms with E-state index in [1.165, 1.54) is 31.2 Å². The van der Waals surface area contributed by atoms with E-state index in [0.717, 1.165) is 32.1 Å². The summed E-state index contributed by atoms with van der Waals surface area (Å²) in [6.45, 7) is 4.84. The van der Waals surface area contributed by atoms with Crippen molar-refractivity contribution in [3.05, 3.63) is 35.9 Å². The maximum Gasteiger partial charge on any atom is 0.190 e. The Morgan fingerprint density at radius 3 is 2.58 bits per heavy atom. The van der Waals surface area contributed by atoms with Crippen LogP contribution in [0.2, 0.25) is 0 Å². The van der Waals surface area contributed by atoms with Gasteiger partial charge in [-0.1, -0.05) is 50.1 Å². The first-order valence-electron chi connectivity index (χ1n) is 8.90. The lowest BCUT2D eigenvalue weighted by Crippen LogP contribution is -2.39. The first kappa shape index (κ1) is 21.2. The van der Waals surface area contributed by atoms with Crippen molar-refractivity contribution < 1.29 is 4.74 Å². The number of ether oxygens (including phenoxy) is 1. The predicted octanol–water partition coefficient (Wildman–Crippen LogP) is 3.92. The van der Waals surface area contributed by atoms with Gasteiger partial charge in [0.15, 0.2) is 5.96 Å². The Morgan fingerprint density at radius 2 is 1.92 bits per heavy atom. The van der Waals surface area contributed by atoms with Gasteiger partial charge >= 0.3 is 0 Å². The van der Waals surface area contributed by atoms with E-state index in [1.807, 2.05) is 7.05 Å². The third-order valence-corrected chi connectivity index (χ3v) is 4.44. The highest BCUT2D eigenvalue weighted by Gasteiger charge is 2.14. The Bertz CT molecular complexity index is 461. The maximum atomic E-state index is 5.87. The van der Waals surface area contributed by atoms with Gasteiger partial charge in [-0.25, -0.2) is 0 Å². The minimum Gasteiger partial charge on any atom is -0.378 e. The monoisotopic (exact) mass is 445 g/mol. The number of hydrogen-bond donors (Lipinski definition) is 2. The van der Waals surface area contributed by atoms with Gasteiger partial charge in [0.2, 0.25) is 0 Å². The number of nitrogens with one attached hydrogen (secondary N) is 2. The summed E-state index contributed by atoms with van der Waals surface area (Å²) in [4.78, 5) is 4.28. The van der Waals surface area contributed by atoms with Gasteiger partial charge in [0.05, 0.1) is 6.10 Å². The third kappa shape index (κ3) is 7.83. The van der Waals surface area contributed by atoms with Crippen LogP contribution in [-0.4, -0.2) is 38.8 Å². The Morgan fingerprint density at radius 1 is 1.21 bits per heavy atom. The highest BCUT2D eigenvalue weighted by Crippen LogP contribution is 2.20. The Balaban J connectivity index is 0.00000288. The number of guanidine groups is 1. The molecule has 0 amide bonds. The Hall–Kier alpha value is -0.820. The fraction of sp³-hybridized carbons (Fsp3) is 0.632. The molecule has 0 aromatic heterocycles. The number of halogens is 1. The fourth-order valence-corrected chi connectivity index (χ4v) is 2.95. The number of hydrogen-bond acceptors (Lipinski definition) is 2. The molecule has 1 saturated carbocycles. The van der Waals surface area contributed by atoms with E-state index in [9.17, 15) is 0 Å². The van der Waals surface area contributed by atoms with Crippen LogP contribution in [0, 0.1) is 0 Å². The van der Waals surface area contributed by atoms with Gasteiger partial charge in [-0.3, -0.25) is 4.99 Å². The van der Waals surface area contributed by atoms with Crippen LogP contribution in [-0.2, 0) is 4.74 Å². The van der Waals surface area contributed by atoms with E-state index in [4.69, 9.17) is 4.74 Å². The van der Waals surface area contributed by atoms with Crippen LogP contribution in [0.1, 0.15) is 50.5 Å². The lowest BCUT2D eigenvalue weighted by atomic mass is 10.0. The molecule has 0 aliphatic heterocycles. The molecule has 24 heavy (non-hydrogen) atoms. The zero-order valence-corrected chi connectivity index (χ0v) is 17.3. The molecular weight excluding hydrogens is 413 g/mol. The van der Waals surface area contributed by atoms with Crippen LogP contribution in [0.5, 0.6) is 0 Å². The first-order chi connectivity index (χ1) is 11.3. The van der Waals surface area contributed by atoms with Crippen LogP contribution >= 0.6 is 24.0 Å². The lowest BCUT2D eigenvalue weighted by molar-refractivity contribution is 0.0574. The van der Waals surface area contributed by atoms with Crippen LogP contribution in [0.25, 0.3) is 0 Å². The van der Waals surface area contributed by atoms with E-state index >= 15 is 0 Å². The van der Waals surface area contributed by atoms with Gasteiger partial charge in [0, 0.05) is 26.7 Å². The summed E-state index contributed by atoms with van der Waals surface area (Å²) in [6, 6.07) is 10.6. The van der Waals surface area contributed by atoms with Crippen LogP contribution in [0.15, 0.2) is 35.3 Å². The van der Waals surface area contributed by atoms with E-state index < -0.39 is 0 Å². The highest BCUT2D eigenvalue weighted by atomic mass is 127. The van der Waals surface area contributed by atoms with Crippen molar-refractivity contribution in [3.8, 4) is 0 Å². The zero-order chi connectivity index (χ0) is 16.3. The molecule has 136 valence electrons. The van der Waals surface area contributed by atoms with Crippen LogP contribution < -0.4 is 10.6 Å². The largest absolute Gasteiger partial charge is 0.378 e. The molecule has 5 heteroatoms. The summed E-state index contributed by atoms with van der Waals surface area (Å²) in [7, 11) is 1.82. The van der Waals surface area contributed by atoms with Gasteiger partial charge in [-0.15, -0.1) is 24.0 Å². The molecule has 1 aromatic rings.